The number of nitrogens with zero attached hydrogens (tertiary/aromatic N) is 3. The highest BCUT2D eigenvalue weighted by Gasteiger charge is 2.35. The second-order valence-electron chi connectivity index (χ2n) is 7.04. The molecule has 4 heterocycles. The van der Waals surface area contributed by atoms with Crippen LogP contribution < -0.4 is 10.9 Å². The molecule has 0 unspecified atom stereocenters. The summed E-state index contributed by atoms with van der Waals surface area (Å²) in [4.78, 5) is 32.4. The lowest BCUT2D eigenvalue weighted by Gasteiger charge is -2.24. The van der Waals surface area contributed by atoms with Crippen LogP contribution in [-0.4, -0.2) is 25.7 Å². The van der Waals surface area contributed by atoms with Crippen molar-refractivity contribution >= 4 is 22.6 Å². The highest BCUT2D eigenvalue weighted by molar-refractivity contribution is 5.96. The Labute approximate surface area is 164 Å². The molecule has 0 bridgehead atoms. The fourth-order valence-electron chi connectivity index (χ4n) is 3.90. The number of amides is 1. The van der Waals surface area contributed by atoms with Crippen LogP contribution in [0.25, 0.3) is 22.3 Å². The number of pyridine rings is 2. The predicted octanol–water partition coefficient (Wildman–Crippen LogP) is 2.94. The number of hydrogen-bond donors (Lipinski definition) is 2. The second kappa shape index (κ2) is 6.37. The number of aromatic nitrogens is 4. The summed E-state index contributed by atoms with van der Waals surface area (Å²) in [6, 6.07) is 11.5. The fourth-order valence-corrected chi connectivity index (χ4v) is 3.90. The molecule has 0 saturated carbocycles. The maximum absolute atomic E-state index is 13.5. The van der Waals surface area contributed by atoms with Crippen molar-refractivity contribution in [2.24, 2.45) is 7.05 Å². The largest absolute Gasteiger partial charge is 0.322 e. The van der Waals surface area contributed by atoms with Crippen molar-refractivity contribution in [3.63, 3.8) is 0 Å². The van der Waals surface area contributed by atoms with E-state index < -0.39 is 11.7 Å². The smallest absolute Gasteiger partial charge is 0.252 e. The molecule has 7 nitrogen and oxygen atoms in total. The Kier molecular flexibility index (Phi) is 3.80. The number of H-pyrrole nitrogens is 1. The number of hydrogen-bond acceptors (Lipinski definition) is 4. The van der Waals surface area contributed by atoms with Gasteiger partial charge in [-0.1, -0.05) is 6.07 Å². The number of carbonyl (C=O) groups excluding carboxylic acids is 1. The van der Waals surface area contributed by atoms with Crippen LogP contribution in [0, 0.1) is 5.82 Å². The molecule has 3 aromatic heterocycles. The Balaban J connectivity index is 1.75. The molecule has 144 valence electrons. The summed E-state index contributed by atoms with van der Waals surface area (Å²) >= 11 is 0. The minimum atomic E-state index is -0.498. The molecule has 8 heteroatoms. The van der Waals surface area contributed by atoms with E-state index in [0.717, 1.165) is 5.56 Å². The first kappa shape index (κ1) is 17.3. The van der Waals surface area contributed by atoms with Gasteiger partial charge in [-0.2, -0.15) is 5.10 Å². The number of carbonyl (C=O) groups is 1. The minimum Gasteiger partial charge on any atom is -0.322 e. The average Bonchev–Trinajstić information content (AvgIpc) is 3.04. The van der Waals surface area contributed by atoms with Crippen molar-refractivity contribution in [2.45, 2.75) is 12.3 Å². The Morgan fingerprint density at radius 1 is 1.17 bits per heavy atom. The van der Waals surface area contributed by atoms with Gasteiger partial charge in [0.2, 0.25) is 5.91 Å². The van der Waals surface area contributed by atoms with Gasteiger partial charge in [-0.15, -0.1) is 0 Å². The van der Waals surface area contributed by atoms with Gasteiger partial charge in [0.15, 0.2) is 0 Å². The van der Waals surface area contributed by atoms with Gasteiger partial charge in [0.1, 0.15) is 17.3 Å². The maximum Gasteiger partial charge on any atom is 0.252 e. The van der Waals surface area contributed by atoms with E-state index in [1.165, 1.54) is 12.1 Å². The van der Waals surface area contributed by atoms with Crippen molar-refractivity contribution in [3.8, 4) is 11.4 Å². The van der Waals surface area contributed by atoms with E-state index in [9.17, 15) is 14.0 Å². The van der Waals surface area contributed by atoms with Gasteiger partial charge in [0.05, 0.1) is 11.2 Å². The van der Waals surface area contributed by atoms with E-state index in [1.807, 2.05) is 18.2 Å². The van der Waals surface area contributed by atoms with Gasteiger partial charge in [-0.3, -0.25) is 19.3 Å². The Morgan fingerprint density at radius 3 is 2.83 bits per heavy atom. The number of halogens is 1. The molecular weight excluding hydrogens is 373 g/mol. The Bertz CT molecular complexity index is 1330. The molecule has 1 amide bonds. The summed E-state index contributed by atoms with van der Waals surface area (Å²) in [6.07, 6.45) is 1.78. The van der Waals surface area contributed by atoms with Crippen molar-refractivity contribution in [2.75, 3.05) is 5.32 Å². The molecule has 0 spiro atoms. The van der Waals surface area contributed by atoms with E-state index in [2.05, 4.69) is 20.4 Å². The lowest BCUT2D eigenvalue weighted by Crippen LogP contribution is -2.28. The number of rotatable bonds is 2. The zero-order valence-electron chi connectivity index (χ0n) is 15.4. The summed E-state index contributed by atoms with van der Waals surface area (Å²) in [6.45, 7) is 0. The third kappa shape index (κ3) is 2.80. The molecule has 1 aliphatic heterocycles. The number of nitrogens with one attached hydrogen (secondary N) is 2. The highest BCUT2D eigenvalue weighted by atomic mass is 19.1. The van der Waals surface area contributed by atoms with Gasteiger partial charge in [0.25, 0.3) is 5.56 Å². The van der Waals surface area contributed by atoms with E-state index >= 15 is 0 Å². The summed E-state index contributed by atoms with van der Waals surface area (Å²) in [5.74, 6) is -0.574. The molecule has 5 rings (SSSR count). The monoisotopic (exact) mass is 389 g/mol. The molecular formula is C21H16FN5O2. The molecule has 2 N–H and O–H groups in total. The van der Waals surface area contributed by atoms with Gasteiger partial charge in [0, 0.05) is 36.7 Å². The Morgan fingerprint density at radius 2 is 2.03 bits per heavy atom. The van der Waals surface area contributed by atoms with Crippen LogP contribution in [0.1, 0.15) is 23.5 Å². The first-order valence-electron chi connectivity index (χ1n) is 9.12. The van der Waals surface area contributed by atoms with Gasteiger partial charge < -0.3 is 10.3 Å². The van der Waals surface area contributed by atoms with Crippen molar-refractivity contribution in [1.82, 2.24) is 19.7 Å². The van der Waals surface area contributed by atoms with Crippen LogP contribution in [0.4, 0.5) is 10.2 Å². The van der Waals surface area contributed by atoms with Crippen molar-refractivity contribution in [3.05, 3.63) is 76.0 Å². The molecule has 29 heavy (non-hydrogen) atoms. The number of aryl methyl sites for hydroxylation is 1. The number of aromatic amines is 1. The topological polar surface area (TPSA) is 92.7 Å². The summed E-state index contributed by atoms with van der Waals surface area (Å²) in [5, 5.41) is 8.10. The summed E-state index contributed by atoms with van der Waals surface area (Å²) in [5.41, 5.74) is 2.51. The number of benzene rings is 1. The average molecular weight is 389 g/mol. The minimum absolute atomic E-state index is 0.105. The highest BCUT2D eigenvalue weighted by Crippen LogP contribution is 2.41. The number of fused-ring (bicyclic) bond motifs is 2. The van der Waals surface area contributed by atoms with Crippen molar-refractivity contribution < 1.29 is 9.18 Å². The van der Waals surface area contributed by atoms with E-state index in [4.69, 9.17) is 0 Å². The Hall–Kier alpha value is -3.81. The van der Waals surface area contributed by atoms with Crippen LogP contribution in [0.5, 0.6) is 0 Å². The molecule has 0 aliphatic carbocycles. The zero-order chi connectivity index (χ0) is 20.1. The summed E-state index contributed by atoms with van der Waals surface area (Å²) < 4.78 is 15.1. The molecule has 1 atom stereocenters. The second-order valence-corrected chi connectivity index (χ2v) is 7.04. The van der Waals surface area contributed by atoms with E-state index in [0.29, 0.717) is 33.7 Å². The van der Waals surface area contributed by atoms with E-state index in [-0.39, 0.29) is 17.9 Å². The molecule has 0 saturated heterocycles. The molecule has 0 fully saturated rings. The third-order valence-electron chi connectivity index (χ3n) is 5.20. The quantitative estimate of drug-likeness (QED) is 0.551. The SMILES string of the molecule is Cn1nc(-c2ccccn2)c2c1NC(=O)C[C@@H]2c1cc2ccc(F)cc2[nH]c1=O. The van der Waals surface area contributed by atoms with Crippen LogP contribution in [0.2, 0.25) is 0 Å². The molecule has 1 aliphatic rings. The van der Waals surface area contributed by atoms with Gasteiger partial charge in [-0.25, -0.2) is 4.39 Å². The maximum atomic E-state index is 13.5. The predicted molar refractivity (Wildman–Crippen MR) is 106 cm³/mol. The molecule has 0 radical (unpaired) electrons. The first-order valence-corrected chi connectivity index (χ1v) is 9.12. The standard InChI is InChI=1S/C21H16FN5O2/c1-27-20-18(19(26-27)15-4-2-3-7-23-15)13(10-17(28)25-20)14-8-11-5-6-12(22)9-16(11)24-21(14)29/h2-9,13H,10H2,1H3,(H,24,29)(H,25,28)/t13-/m1/s1. The normalized spacial score (nSPS) is 15.9. The fraction of sp³-hybridized carbons (Fsp3) is 0.143. The lowest BCUT2D eigenvalue weighted by molar-refractivity contribution is -0.116. The first-order chi connectivity index (χ1) is 14.0. The van der Waals surface area contributed by atoms with Crippen LogP contribution >= 0.6 is 0 Å². The lowest BCUT2D eigenvalue weighted by atomic mass is 9.85. The summed E-state index contributed by atoms with van der Waals surface area (Å²) in [7, 11) is 1.74. The van der Waals surface area contributed by atoms with Crippen LogP contribution in [0.15, 0.2) is 53.5 Å². The van der Waals surface area contributed by atoms with Gasteiger partial charge >= 0.3 is 0 Å². The van der Waals surface area contributed by atoms with Crippen LogP contribution in [-0.2, 0) is 11.8 Å². The molecule has 4 aromatic rings. The van der Waals surface area contributed by atoms with Crippen LogP contribution in [0.3, 0.4) is 0 Å². The zero-order valence-corrected chi connectivity index (χ0v) is 15.4. The van der Waals surface area contributed by atoms with Crippen molar-refractivity contribution in [1.29, 1.82) is 0 Å². The third-order valence-corrected chi connectivity index (χ3v) is 5.20. The number of anilines is 1. The molecule has 1 aromatic carbocycles. The van der Waals surface area contributed by atoms with E-state index in [1.54, 1.807) is 30.1 Å². The van der Waals surface area contributed by atoms with Gasteiger partial charge in [-0.05, 0) is 41.8 Å².